The number of hydrogen-bond acceptors (Lipinski definition) is 6. The summed E-state index contributed by atoms with van der Waals surface area (Å²) in [5.74, 6) is 1.64. The molecule has 0 bridgehead atoms. The summed E-state index contributed by atoms with van der Waals surface area (Å²) in [4.78, 5) is 25.2. The minimum atomic E-state index is 0.123. The zero-order valence-corrected chi connectivity index (χ0v) is 16.3. The van der Waals surface area contributed by atoms with Crippen LogP contribution in [0.4, 0.5) is 11.8 Å². The summed E-state index contributed by atoms with van der Waals surface area (Å²) in [5.41, 5.74) is 1.96. The molecule has 0 aliphatic carbocycles. The first-order valence-corrected chi connectivity index (χ1v) is 9.99. The van der Waals surface area contributed by atoms with Gasteiger partial charge in [0, 0.05) is 57.9 Å². The lowest BCUT2D eigenvalue weighted by Gasteiger charge is -2.34. The number of nitrogens with zero attached hydrogens (tertiary/aromatic N) is 4. The Morgan fingerprint density at radius 1 is 1.18 bits per heavy atom. The standard InChI is InChI=1S/C21H27N5O2/c1-16(27)25-9-11-26(12-10-25)21-23-19(17-6-3-2-4-7-17)14-20(24-21)22-15-18-8-5-13-28-18/h2-4,6-7,14,18H,5,8-13,15H2,1H3,(H,22,23,24). The molecule has 1 amide bonds. The number of amides is 1. The van der Waals surface area contributed by atoms with Gasteiger partial charge in [-0.2, -0.15) is 4.98 Å². The number of ether oxygens (including phenoxy) is 1. The van der Waals surface area contributed by atoms with E-state index in [4.69, 9.17) is 14.7 Å². The highest BCUT2D eigenvalue weighted by Crippen LogP contribution is 2.24. The van der Waals surface area contributed by atoms with Crippen LogP contribution in [-0.2, 0) is 9.53 Å². The van der Waals surface area contributed by atoms with Gasteiger partial charge in [-0.15, -0.1) is 0 Å². The Morgan fingerprint density at radius 2 is 1.96 bits per heavy atom. The van der Waals surface area contributed by atoms with Crippen molar-refractivity contribution in [1.82, 2.24) is 14.9 Å². The van der Waals surface area contributed by atoms with E-state index in [1.807, 2.05) is 29.2 Å². The highest BCUT2D eigenvalue weighted by molar-refractivity contribution is 5.73. The molecule has 4 rings (SSSR count). The van der Waals surface area contributed by atoms with E-state index >= 15 is 0 Å². The molecule has 1 N–H and O–H groups in total. The number of piperazine rings is 1. The molecule has 7 nitrogen and oxygen atoms in total. The molecule has 3 heterocycles. The first-order chi connectivity index (χ1) is 13.7. The number of rotatable bonds is 5. The Kier molecular flexibility index (Phi) is 5.71. The summed E-state index contributed by atoms with van der Waals surface area (Å²) in [6, 6.07) is 12.2. The quantitative estimate of drug-likeness (QED) is 0.858. The first kappa shape index (κ1) is 18.7. The van der Waals surface area contributed by atoms with Crippen molar-refractivity contribution in [3.05, 3.63) is 36.4 Å². The maximum absolute atomic E-state index is 11.6. The summed E-state index contributed by atoms with van der Waals surface area (Å²) in [6.07, 6.45) is 2.46. The lowest BCUT2D eigenvalue weighted by atomic mass is 10.1. The average molecular weight is 381 g/mol. The van der Waals surface area contributed by atoms with E-state index in [2.05, 4.69) is 22.3 Å². The molecule has 0 spiro atoms. The van der Waals surface area contributed by atoms with Crippen LogP contribution < -0.4 is 10.2 Å². The third-order valence-corrected chi connectivity index (χ3v) is 5.33. The summed E-state index contributed by atoms with van der Waals surface area (Å²) in [5, 5.41) is 3.44. The lowest BCUT2D eigenvalue weighted by Crippen LogP contribution is -2.48. The number of carbonyl (C=O) groups excluding carboxylic acids is 1. The Bertz CT molecular complexity index is 800. The van der Waals surface area contributed by atoms with Gasteiger partial charge in [-0.1, -0.05) is 30.3 Å². The van der Waals surface area contributed by atoms with Gasteiger partial charge in [-0.25, -0.2) is 4.98 Å². The number of hydrogen-bond donors (Lipinski definition) is 1. The third-order valence-electron chi connectivity index (χ3n) is 5.33. The second kappa shape index (κ2) is 8.56. The Hall–Kier alpha value is -2.67. The van der Waals surface area contributed by atoms with Crippen LogP contribution in [0.25, 0.3) is 11.3 Å². The van der Waals surface area contributed by atoms with Gasteiger partial charge in [-0.3, -0.25) is 4.79 Å². The SMILES string of the molecule is CC(=O)N1CCN(c2nc(NCC3CCCO3)cc(-c3ccccc3)n2)CC1. The van der Waals surface area contributed by atoms with Crippen molar-refractivity contribution in [2.24, 2.45) is 0 Å². The Balaban J connectivity index is 1.55. The minimum Gasteiger partial charge on any atom is -0.376 e. The van der Waals surface area contributed by atoms with Gasteiger partial charge < -0.3 is 19.9 Å². The minimum absolute atomic E-state index is 0.123. The van der Waals surface area contributed by atoms with Crippen LogP contribution in [-0.4, -0.2) is 66.2 Å². The molecule has 2 saturated heterocycles. The van der Waals surface area contributed by atoms with Gasteiger partial charge >= 0.3 is 0 Å². The largest absolute Gasteiger partial charge is 0.376 e. The predicted octanol–water partition coefficient (Wildman–Crippen LogP) is 2.40. The van der Waals surface area contributed by atoms with Crippen molar-refractivity contribution in [1.29, 1.82) is 0 Å². The monoisotopic (exact) mass is 381 g/mol. The molecule has 28 heavy (non-hydrogen) atoms. The average Bonchev–Trinajstić information content (AvgIpc) is 3.26. The summed E-state index contributed by atoms with van der Waals surface area (Å²) < 4.78 is 5.72. The number of nitrogens with one attached hydrogen (secondary N) is 1. The maximum Gasteiger partial charge on any atom is 0.227 e. The van der Waals surface area contributed by atoms with Gasteiger partial charge in [0.2, 0.25) is 11.9 Å². The van der Waals surface area contributed by atoms with Gasteiger partial charge in [0.15, 0.2) is 0 Å². The fraction of sp³-hybridized carbons (Fsp3) is 0.476. The molecule has 0 saturated carbocycles. The van der Waals surface area contributed by atoms with Crippen LogP contribution in [0, 0.1) is 0 Å². The van der Waals surface area contributed by atoms with Crippen LogP contribution in [0.15, 0.2) is 36.4 Å². The molecule has 2 fully saturated rings. The van der Waals surface area contributed by atoms with Crippen LogP contribution >= 0.6 is 0 Å². The molecule has 1 atom stereocenters. The van der Waals surface area contributed by atoms with Crippen molar-refractivity contribution in [3.8, 4) is 11.3 Å². The third kappa shape index (κ3) is 4.42. The molecule has 2 aliphatic heterocycles. The number of anilines is 2. The molecular weight excluding hydrogens is 354 g/mol. The van der Waals surface area contributed by atoms with Crippen molar-refractivity contribution in [2.75, 3.05) is 49.5 Å². The van der Waals surface area contributed by atoms with E-state index in [0.29, 0.717) is 19.0 Å². The molecule has 0 radical (unpaired) electrons. The topological polar surface area (TPSA) is 70.6 Å². The first-order valence-electron chi connectivity index (χ1n) is 9.99. The van der Waals surface area contributed by atoms with E-state index < -0.39 is 0 Å². The molecule has 1 aromatic heterocycles. The molecular formula is C21H27N5O2. The molecule has 148 valence electrons. The fourth-order valence-corrected chi connectivity index (χ4v) is 3.67. The molecule has 2 aliphatic rings. The second-order valence-corrected chi connectivity index (χ2v) is 7.31. The molecule has 7 heteroatoms. The number of carbonyl (C=O) groups is 1. The molecule has 2 aromatic rings. The van der Waals surface area contributed by atoms with Gasteiger partial charge in [-0.05, 0) is 12.8 Å². The van der Waals surface area contributed by atoms with E-state index in [9.17, 15) is 4.79 Å². The van der Waals surface area contributed by atoms with Crippen LogP contribution in [0.5, 0.6) is 0 Å². The van der Waals surface area contributed by atoms with Crippen molar-refractivity contribution in [3.63, 3.8) is 0 Å². The van der Waals surface area contributed by atoms with Crippen LogP contribution in [0.3, 0.4) is 0 Å². The molecule has 1 unspecified atom stereocenters. The van der Waals surface area contributed by atoms with Gasteiger partial charge in [0.05, 0.1) is 11.8 Å². The highest BCUT2D eigenvalue weighted by atomic mass is 16.5. The second-order valence-electron chi connectivity index (χ2n) is 7.31. The fourth-order valence-electron chi connectivity index (χ4n) is 3.67. The van der Waals surface area contributed by atoms with Crippen molar-refractivity contribution < 1.29 is 9.53 Å². The van der Waals surface area contributed by atoms with Gasteiger partial charge in [0.1, 0.15) is 5.82 Å². The van der Waals surface area contributed by atoms with Crippen LogP contribution in [0.2, 0.25) is 0 Å². The molecule has 1 aromatic carbocycles. The summed E-state index contributed by atoms with van der Waals surface area (Å²) in [6.45, 7) is 6.10. The summed E-state index contributed by atoms with van der Waals surface area (Å²) >= 11 is 0. The number of benzene rings is 1. The van der Waals surface area contributed by atoms with Crippen molar-refractivity contribution in [2.45, 2.75) is 25.9 Å². The Labute approximate surface area is 165 Å². The predicted molar refractivity (Wildman–Crippen MR) is 109 cm³/mol. The van der Waals surface area contributed by atoms with E-state index in [1.54, 1.807) is 6.92 Å². The summed E-state index contributed by atoms with van der Waals surface area (Å²) in [7, 11) is 0. The van der Waals surface area contributed by atoms with Crippen molar-refractivity contribution >= 4 is 17.7 Å². The normalized spacial score (nSPS) is 19.7. The van der Waals surface area contributed by atoms with E-state index in [1.165, 1.54) is 0 Å². The lowest BCUT2D eigenvalue weighted by molar-refractivity contribution is -0.129. The van der Waals surface area contributed by atoms with Gasteiger partial charge in [0.25, 0.3) is 0 Å². The highest BCUT2D eigenvalue weighted by Gasteiger charge is 2.22. The smallest absolute Gasteiger partial charge is 0.227 e. The van der Waals surface area contributed by atoms with Crippen LogP contribution in [0.1, 0.15) is 19.8 Å². The maximum atomic E-state index is 11.6. The zero-order chi connectivity index (χ0) is 19.3. The Morgan fingerprint density at radius 3 is 2.64 bits per heavy atom. The van der Waals surface area contributed by atoms with E-state index in [-0.39, 0.29) is 12.0 Å². The number of aromatic nitrogens is 2. The zero-order valence-electron chi connectivity index (χ0n) is 16.3. The van der Waals surface area contributed by atoms with E-state index in [0.717, 1.165) is 56.2 Å².